The molecule has 0 bridgehead atoms. The predicted octanol–water partition coefficient (Wildman–Crippen LogP) is 1.93. The number of methoxy groups -OCH3 is 1. The lowest BCUT2D eigenvalue weighted by molar-refractivity contribution is 0.0999. The van der Waals surface area contributed by atoms with Crippen LogP contribution in [0.5, 0.6) is 0 Å². The van der Waals surface area contributed by atoms with Crippen LogP contribution in [0.15, 0.2) is 18.2 Å². The van der Waals surface area contributed by atoms with E-state index in [9.17, 15) is 4.79 Å². The fourth-order valence-electron chi connectivity index (χ4n) is 1.63. The third kappa shape index (κ3) is 3.20. The van der Waals surface area contributed by atoms with Crippen LogP contribution in [0.2, 0.25) is 0 Å². The minimum absolute atomic E-state index is 0.0895. The predicted molar refractivity (Wildman–Crippen MR) is 69.3 cm³/mol. The first-order chi connectivity index (χ1) is 7.97. The van der Waals surface area contributed by atoms with Gasteiger partial charge in [0.2, 0.25) is 5.91 Å². The molecule has 0 radical (unpaired) electrons. The van der Waals surface area contributed by atoms with Crippen molar-refractivity contribution in [2.75, 3.05) is 12.4 Å². The van der Waals surface area contributed by atoms with Gasteiger partial charge in [0.25, 0.3) is 0 Å². The smallest absolute Gasteiger partial charge is 0.249 e. The van der Waals surface area contributed by atoms with Crippen LogP contribution in [-0.2, 0) is 4.74 Å². The molecule has 1 aromatic rings. The van der Waals surface area contributed by atoms with Crippen molar-refractivity contribution >= 4 is 11.6 Å². The monoisotopic (exact) mass is 236 g/mol. The number of rotatable bonds is 5. The van der Waals surface area contributed by atoms with Gasteiger partial charge in [0.15, 0.2) is 0 Å². The molecule has 0 spiro atoms. The molecule has 4 nitrogen and oxygen atoms in total. The minimum atomic E-state index is -0.404. The SMILES string of the molecule is COC(C)C(C)Nc1cccc(C(N)=O)c1C. The van der Waals surface area contributed by atoms with Gasteiger partial charge in [0, 0.05) is 24.4 Å². The molecule has 0 aliphatic rings. The second kappa shape index (κ2) is 5.68. The molecule has 0 aliphatic carbocycles. The van der Waals surface area contributed by atoms with E-state index in [0.717, 1.165) is 11.3 Å². The fraction of sp³-hybridized carbons (Fsp3) is 0.462. The Morgan fingerprint density at radius 1 is 1.41 bits per heavy atom. The van der Waals surface area contributed by atoms with Gasteiger partial charge in [0.1, 0.15) is 0 Å². The first-order valence-corrected chi connectivity index (χ1v) is 5.66. The molecular formula is C13H20N2O2. The quantitative estimate of drug-likeness (QED) is 0.821. The van der Waals surface area contributed by atoms with Crippen LogP contribution >= 0.6 is 0 Å². The third-order valence-electron chi connectivity index (χ3n) is 3.06. The normalized spacial score (nSPS) is 14.1. The van der Waals surface area contributed by atoms with Gasteiger partial charge in [-0.3, -0.25) is 4.79 Å². The van der Waals surface area contributed by atoms with Crippen molar-refractivity contribution in [3.05, 3.63) is 29.3 Å². The first kappa shape index (κ1) is 13.5. The molecule has 0 aromatic heterocycles. The van der Waals surface area contributed by atoms with Crippen LogP contribution in [0.1, 0.15) is 29.8 Å². The number of nitrogens with one attached hydrogen (secondary N) is 1. The highest BCUT2D eigenvalue weighted by Gasteiger charge is 2.14. The number of hydrogen-bond acceptors (Lipinski definition) is 3. The molecule has 0 fully saturated rings. The number of anilines is 1. The highest BCUT2D eigenvalue weighted by Crippen LogP contribution is 2.20. The molecule has 0 saturated carbocycles. The summed E-state index contributed by atoms with van der Waals surface area (Å²) in [6.45, 7) is 5.90. The Labute approximate surface area is 102 Å². The van der Waals surface area contributed by atoms with Gasteiger partial charge >= 0.3 is 0 Å². The molecule has 94 valence electrons. The van der Waals surface area contributed by atoms with Crippen molar-refractivity contribution in [3.63, 3.8) is 0 Å². The summed E-state index contributed by atoms with van der Waals surface area (Å²) in [6.07, 6.45) is 0.0895. The molecule has 17 heavy (non-hydrogen) atoms. The maximum Gasteiger partial charge on any atom is 0.249 e. The largest absolute Gasteiger partial charge is 0.380 e. The molecule has 1 aromatic carbocycles. The van der Waals surface area contributed by atoms with E-state index in [1.54, 1.807) is 13.2 Å². The Kier molecular flexibility index (Phi) is 4.52. The minimum Gasteiger partial charge on any atom is -0.380 e. The molecule has 4 heteroatoms. The lowest BCUT2D eigenvalue weighted by atomic mass is 10.1. The molecule has 3 N–H and O–H groups in total. The van der Waals surface area contributed by atoms with Crippen LogP contribution in [0.4, 0.5) is 5.69 Å². The van der Waals surface area contributed by atoms with E-state index in [2.05, 4.69) is 5.32 Å². The van der Waals surface area contributed by atoms with E-state index < -0.39 is 5.91 Å². The average Bonchev–Trinajstić information content (AvgIpc) is 2.30. The summed E-state index contributed by atoms with van der Waals surface area (Å²) in [5.41, 5.74) is 7.64. The van der Waals surface area contributed by atoms with E-state index in [-0.39, 0.29) is 12.1 Å². The van der Waals surface area contributed by atoms with Gasteiger partial charge in [0.05, 0.1) is 6.10 Å². The van der Waals surface area contributed by atoms with Crippen molar-refractivity contribution in [1.82, 2.24) is 0 Å². The number of primary amides is 1. The zero-order chi connectivity index (χ0) is 13.0. The van der Waals surface area contributed by atoms with Crippen molar-refractivity contribution in [1.29, 1.82) is 0 Å². The Hall–Kier alpha value is -1.55. The van der Waals surface area contributed by atoms with Gasteiger partial charge in [-0.1, -0.05) is 6.07 Å². The molecule has 0 aliphatic heterocycles. The molecule has 1 amide bonds. The Morgan fingerprint density at radius 2 is 2.06 bits per heavy atom. The topological polar surface area (TPSA) is 64.3 Å². The number of nitrogens with two attached hydrogens (primary N) is 1. The van der Waals surface area contributed by atoms with Gasteiger partial charge in [-0.15, -0.1) is 0 Å². The molecule has 1 rings (SSSR count). The molecule has 2 unspecified atom stereocenters. The fourth-order valence-corrected chi connectivity index (χ4v) is 1.63. The van der Waals surface area contributed by atoms with Gasteiger partial charge in [-0.25, -0.2) is 0 Å². The van der Waals surface area contributed by atoms with Gasteiger partial charge < -0.3 is 15.8 Å². The van der Waals surface area contributed by atoms with Crippen molar-refractivity contribution in [2.45, 2.75) is 32.9 Å². The number of ether oxygens (including phenoxy) is 1. The highest BCUT2D eigenvalue weighted by molar-refractivity contribution is 5.95. The molecule has 0 heterocycles. The molecule has 2 atom stereocenters. The van der Waals surface area contributed by atoms with Gasteiger partial charge in [-0.05, 0) is 38.5 Å². The van der Waals surface area contributed by atoms with Crippen LogP contribution in [-0.4, -0.2) is 25.2 Å². The lowest BCUT2D eigenvalue weighted by Crippen LogP contribution is -2.30. The number of carbonyl (C=O) groups excluding carboxylic acids is 1. The van der Waals surface area contributed by atoms with Crippen LogP contribution in [0, 0.1) is 6.92 Å². The maximum atomic E-state index is 11.2. The molecule has 0 saturated heterocycles. The van der Waals surface area contributed by atoms with E-state index in [1.165, 1.54) is 0 Å². The van der Waals surface area contributed by atoms with E-state index in [0.29, 0.717) is 5.56 Å². The Morgan fingerprint density at radius 3 is 2.59 bits per heavy atom. The zero-order valence-electron chi connectivity index (χ0n) is 10.8. The maximum absolute atomic E-state index is 11.2. The number of benzene rings is 1. The summed E-state index contributed by atoms with van der Waals surface area (Å²) in [5, 5.41) is 3.32. The summed E-state index contributed by atoms with van der Waals surface area (Å²) in [4.78, 5) is 11.2. The third-order valence-corrected chi connectivity index (χ3v) is 3.06. The Balaban J connectivity index is 2.92. The highest BCUT2D eigenvalue weighted by atomic mass is 16.5. The number of carbonyl (C=O) groups is 1. The van der Waals surface area contributed by atoms with Crippen LogP contribution < -0.4 is 11.1 Å². The number of amides is 1. The standard InChI is InChI=1S/C13H20N2O2/c1-8-11(13(14)16)6-5-7-12(8)15-9(2)10(3)17-4/h5-7,9-10,15H,1-4H3,(H2,14,16). The second-order valence-electron chi connectivity index (χ2n) is 4.22. The number of hydrogen-bond donors (Lipinski definition) is 2. The van der Waals surface area contributed by atoms with Crippen molar-refractivity contribution in [2.24, 2.45) is 5.73 Å². The van der Waals surface area contributed by atoms with Crippen LogP contribution in [0.25, 0.3) is 0 Å². The molecular weight excluding hydrogens is 216 g/mol. The summed E-state index contributed by atoms with van der Waals surface area (Å²) < 4.78 is 5.25. The van der Waals surface area contributed by atoms with E-state index in [1.807, 2.05) is 32.9 Å². The summed E-state index contributed by atoms with van der Waals surface area (Å²) in [7, 11) is 1.68. The summed E-state index contributed by atoms with van der Waals surface area (Å²) >= 11 is 0. The van der Waals surface area contributed by atoms with E-state index >= 15 is 0 Å². The Bertz CT molecular complexity index is 404. The zero-order valence-corrected chi connectivity index (χ0v) is 10.8. The lowest BCUT2D eigenvalue weighted by Gasteiger charge is -2.22. The second-order valence-corrected chi connectivity index (χ2v) is 4.22. The van der Waals surface area contributed by atoms with E-state index in [4.69, 9.17) is 10.5 Å². The summed E-state index contributed by atoms with van der Waals surface area (Å²) in [5.74, 6) is -0.404. The van der Waals surface area contributed by atoms with Crippen molar-refractivity contribution in [3.8, 4) is 0 Å². The van der Waals surface area contributed by atoms with Gasteiger partial charge in [-0.2, -0.15) is 0 Å². The summed E-state index contributed by atoms with van der Waals surface area (Å²) in [6, 6.07) is 5.63. The average molecular weight is 236 g/mol. The van der Waals surface area contributed by atoms with Crippen molar-refractivity contribution < 1.29 is 9.53 Å². The van der Waals surface area contributed by atoms with Crippen LogP contribution in [0.3, 0.4) is 0 Å². The first-order valence-electron chi connectivity index (χ1n) is 5.66.